The van der Waals surface area contributed by atoms with E-state index in [1.165, 1.54) is 59.2 Å². The van der Waals surface area contributed by atoms with Crippen molar-refractivity contribution in [1.29, 1.82) is 0 Å². The third-order valence-electron chi connectivity index (χ3n) is 7.72. The van der Waals surface area contributed by atoms with Crippen molar-refractivity contribution in [3.8, 4) is 0 Å². The molecule has 0 aliphatic heterocycles. The minimum Gasteiger partial charge on any atom is -0.0613 e. The van der Waals surface area contributed by atoms with E-state index in [2.05, 4.69) is 70.2 Å². The van der Waals surface area contributed by atoms with Crippen molar-refractivity contribution in [3.63, 3.8) is 0 Å². The fourth-order valence-corrected chi connectivity index (χ4v) is 5.91. The van der Waals surface area contributed by atoms with E-state index >= 15 is 0 Å². The zero-order chi connectivity index (χ0) is 18.1. The fraction of sp³-hybridized carbons (Fsp3) is 0.462. The van der Waals surface area contributed by atoms with Gasteiger partial charge in [0.15, 0.2) is 0 Å². The predicted molar refractivity (Wildman–Crippen MR) is 113 cm³/mol. The summed E-state index contributed by atoms with van der Waals surface area (Å²) in [5.41, 5.74) is 5.67. The van der Waals surface area contributed by atoms with Crippen LogP contribution < -0.4 is 0 Å². The molecule has 1 fully saturated rings. The Labute approximate surface area is 157 Å². The number of hydrogen-bond acceptors (Lipinski definition) is 0. The van der Waals surface area contributed by atoms with Crippen molar-refractivity contribution < 1.29 is 0 Å². The van der Waals surface area contributed by atoms with E-state index in [9.17, 15) is 0 Å². The first-order chi connectivity index (χ1) is 12.4. The molecule has 0 saturated heterocycles. The first-order valence-electron chi connectivity index (χ1n) is 10.3. The zero-order valence-corrected chi connectivity index (χ0v) is 16.7. The maximum absolute atomic E-state index is 2.56. The summed E-state index contributed by atoms with van der Waals surface area (Å²) in [4.78, 5) is 0. The molecule has 0 amide bonds. The van der Waals surface area contributed by atoms with Crippen LogP contribution in [0.2, 0.25) is 0 Å². The quantitative estimate of drug-likeness (QED) is 0.370. The summed E-state index contributed by atoms with van der Waals surface area (Å²) in [5, 5.41) is 5.77. The molecule has 1 saturated carbocycles. The standard InChI is InChI=1S/C26H30/c1-17-6-5-7-19-18(17)8-9-21-20(19)10-11-23-22(21)12-13-26(4)15-14-25(2,3)16-24(23)26/h5-11,24H,12-16H2,1-4H3. The van der Waals surface area contributed by atoms with E-state index in [1.54, 1.807) is 11.1 Å². The van der Waals surface area contributed by atoms with E-state index < -0.39 is 0 Å². The summed E-state index contributed by atoms with van der Waals surface area (Å²) in [5.74, 6) is 0.729. The summed E-state index contributed by atoms with van der Waals surface area (Å²) in [7, 11) is 0. The highest BCUT2D eigenvalue weighted by Crippen LogP contribution is 2.58. The van der Waals surface area contributed by atoms with Gasteiger partial charge in [-0.2, -0.15) is 0 Å². The second-order valence-electron chi connectivity index (χ2n) is 10.0. The molecule has 26 heavy (non-hydrogen) atoms. The highest BCUT2D eigenvalue weighted by molar-refractivity contribution is 6.09. The van der Waals surface area contributed by atoms with Crippen LogP contribution in [0.3, 0.4) is 0 Å². The molecule has 2 unspecified atom stereocenters. The zero-order valence-electron chi connectivity index (χ0n) is 16.7. The molecule has 0 N–H and O–H groups in total. The Bertz CT molecular complexity index is 1020. The Morgan fingerprint density at radius 1 is 0.769 bits per heavy atom. The van der Waals surface area contributed by atoms with Gasteiger partial charge in [0.1, 0.15) is 0 Å². The number of fused-ring (bicyclic) bond motifs is 7. The molecule has 3 aromatic rings. The van der Waals surface area contributed by atoms with Gasteiger partial charge >= 0.3 is 0 Å². The van der Waals surface area contributed by atoms with Crippen molar-refractivity contribution in [2.75, 3.05) is 0 Å². The molecule has 5 rings (SSSR count). The molecule has 0 nitrogen and oxygen atoms in total. The van der Waals surface area contributed by atoms with Crippen molar-refractivity contribution in [2.45, 2.75) is 65.7 Å². The van der Waals surface area contributed by atoms with Crippen molar-refractivity contribution in [2.24, 2.45) is 10.8 Å². The molecular weight excluding hydrogens is 312 g/mol. The van der Waals surface area contributed by atoms with E-state index in [4.69, 9.17) is 0 Å². The van der Waals surface area contributed by atoms with Crippen LogP contribution in [0.5, 0.6) is 0 Å². The van der Waals surface area contributed by atoms with E-state index in [-0.39, 0.29) is 0 Å². The van der Waals surface area contributed by atoms with E-state index in [0.29, 0.717) is 10.8 Å². The lowest BCUT2D eigenvalue weighted by molar-refractivity contribution is 0.0705. The van der Waals surface area contributed by atoms with Gasteiger partial charge in [0.25, 0.3) is 0 Å². The maximum Gasteiger partial charge on any atom is -0.00998 e. The topological polar surface area (TPSA) is 0 Å². The molecule has 0 spiro atoms. The minimum atomic E-state index is 0.480. The summed E-state index contributed by atoms with van der Waals surface area (Å²) >= 11 is 0. The molecule has 134 valence electrons. The van der Waals surface area contributed by atoms with Gasteiger partial charge in [-0.15, -0.1) is 0 Å². The monoisotopic (exact) mass is 342 g/mol. The van der Waals surface area contributed by atoms with Gasteiger partial charge in [0.2, 0.25) is 0 Å². The highest BCUT2D eigenvalue weighted by Gasteiger charge is 2.46. The molecule has 3 aromatic carbocycles. The maximum atomic E-state index is 2.56. The van der Waals surface area contributed by atoms with Crippen LogP contribution in [0, 0.1) is 17.8 Å². The lowest BCUT2D eigenvalue weighted by Crippen LogP contribution is -2.39. The molecule has 2 atom stereocenters. The summed E-state index contributed by atoms with van der Waals surface area (Å²) in [6, 6.07) is 16.4. The van der Waals surface area contributed by atoms with E-state index in [0.717, 1.165) is 5.92 Å². The smallest absolute Gasteiger partial charge is 0.00998 e. The lowest BCUT2D eigenvalue weighted by Gasteiger charge is -2.51. The normalized spacial score (nSPS) is 27.3. The van der Waals surface area contributed by atoms with Gasteiger partial charge in [-0.3, -0.25) is 0 Å². The van der Waals surface area contributed by atoms with Gasteiger partial charge in [-0.25, -0.2) is 0 Å². The average Bonchev–Trinajstić information content (AvgIpc) is 2.62. The van der Waals surface area contributed by atoms with Gasteiger partial charge in [-0.1, -0.05) is 63.2 Å². The van der Waals surface area contributed by atoms with Crippen LogP contribution in [0.25, 0.3) is 21.5 Å². The van der Waals surface area contributed by atoms with Crippen molar-refractivity contribution >= 4 is 21.5 Å². The minimum absolute atomic E-state index is 0.480. The Balaban J connectivity index is 1.75. The molecule has 2 aliphatic carbocycles. The number of rotatable bonds is 0. The fourth-order valence-electron chi connectivity index (χ4n) is 5.91. The van der Waals surface area contributed by atoms with Crippen molar-refractivity contribution in [1.82, 2.24) is 0 Å². The lowest BCUT2D eigenvalue weighted by atomic mass is 9.53. The highest BCUT2D eigenvalue weighted by atomic mass is 14.5. The number of aryl methyl sites for hydroxylation is 2. The molecule has 0 bridgehead atoms. The number of benzene rings is 3. The van der Waals surface area contributed by atoms with Gasteiger partial charge in [0.05, 0.1) is 0 Å². The summed E-state index contributed by atoms with van der Waals surface area (Å²) < 4.78 is 0. The average molecular weight is 343 g/mol. The van der Waals surface area contributed by atoms with E-state index in [1.807, 2.05) is 0 Å². The van der Waals surface area contributed by atoms with Crippen molar-refractivity contribution in [3.05, 3.63) is 59.2 Å². The Kier molecular flexibility index (Phi) is 3.36. The molecule has 0 heterocycles. The Hall–Kier alpha value is -1.82. The third-order valence-corrected chi connectivity index (χ3v) is 7.72. The van der Waals surface area contributed by atoms with Crippen LogP contribution in [0.4, 0.5) is 0 Å². The van der Waals surface area contributed by atoms with Gasteiger partial charge < -0.3 is 0 Å². The van der Waals surface area contributed by atoms with Gasteiger partial charge in [-0.05, 0) is 94.0 Å². The molecule has 0 heteroatoms. The first-order valence-corrected chi connectivity index (χ1v) is 10.3. The van der Waals surface area contributed by atoms with Crippen LogP contribution in [-0.4, -0.2) is 0 Å². The molecule has 2 aliphatic rings. The second-order valence-corrected chi connectivity index (χ2v) is 10.0. The Morgan fingerprint density at radius 2 is 1.50 bits per heavy atom. The largest absolute Gasteiger partial charge is 0.0613 e. The summed E-state index contributed by atoms with van der Waals surface area (Å²) in [6.07, 6.45) is 6.71. The third kappa shape index (κ3) is 2.27. The SMILES string of the molecule is Cc1cccc2c1ccc1c3c(ccc12)C1CC(C)(C)CCC1(C)CC3. The molecule has 0 radical (unpaired) electrons. The van der Waals surface area contributed by atoms with Gasteiger partial charge in [0, 0.05) is 0 Å². The molecular formula is C26H30. The predicted octanol–water partition coefficient (Wildman–Crippen LogP) is 7.55. The second kappa shape index (κ2) is 5.35. The van der Waals surface area contributed by atoms with Crippen LogP contribution in [0.1, 0.15) is 69.1 Å². The van der Waals surface area contributed by atoms with Crippen LogP contribution in [-0.2, 0) is 6.42 Å². The van der Waals surface area contributed by atoms with Crippen LogP contribution in [0.15, 0.2) is 42.5 Å². The first kappa shape index (κ1) is 16.4. The summed E-state index contributed by atoms with van der Waals surface area (Å²) in [6.45, 7) is 9.72. The molecule has 0 aromatic heterocycles. The van der Waals surface area contributed by atoms with Crippen LogP contribution >= 0.6 is 0 Å². The number of hydrogen-bond donors (Lipinski definition) is 0. The Morgan fingerprint density at radius 3 is 2.35 bits per heavy atom.